The normalized spacial score (nSPS) is 19.4. The lowest BCUT2D eigenvalue weighted by Crippen LogP contribution is -2.24. The molecule has 1 aliphatic heterocycles. The van der Waals surface area contributed by atoms with Crippen LogP contribution in [0.2, 0.25) is 0 Å². The van der Waals surface area contributed by atoms with Gasteiger partial charge in [-0.1, -0.05) is 39.3 Å². The summed E-state index contributed by atoms with van der Waals surface area (Å²) in [5.74, 6) is -0.712. The Morgan fingerprint density at radius 3 is 2.52 bits per heavy atom. The van der Waals surface area contributed by atoms with Crippen LogP contribution >= 0.6 is 0 Å². The topological polar surface area (TPSA) is 38.3 Å². The number of rotatable bonds is 4. The fraction of sp³-hybridized carbons (Fsp3) is 0.533. The zero-order valence-electron chi connectivity index (χ0n) is 12.1. The highest BCUT2D eigenvalue weighted by atomic mass is 19.4. The Balaban J connectivity index is 2.42. The molecule has 1 N–H and O–H groups in total. The molecule has 1 aromatic carbocycles. The van der Waals surface area contributed by atoms with Gasteiger partial charge in [0.1, 0.15) is 0 Å². The summed E-state index contributed by atoms with van der Waals surface area (Å²) >= 11 is 0. The van der Waals surface area contributed by atoms with Crippen LogP contribution in [0.5, 0.6) is 5.75 Å². The molecular formula is C15H18F3NO2. The van der Waals surface area contributed by atoms with E-state index in [-0.39, 0.29) is 29.2 Å². The second kappa shape index (κ2) is 5.58. The van der Waals surface area contributed by atoms with Crippen molar-refractivity contribution in [3.63, 3.8) is 0 Å². The van der Waals surface area contributed by atoms with E-state index < -0.39 is 12.3 Å². The Hall–Kier alpha value is -1.72. The second-order valence-corrected chi connectivity index (χ2v) is 5.55. The number of anilines is 1. The minimum Gasteiger partial charge on any atom is -0.404 e. The maximum atomic E-state index is 12.4. The van der Waals surface area contributed by atoms with Gasteiger partial charge in [-0.3, -0.25) is 4.79 Å². The van der Waals surface area contributed by atoms with Gasteiger partial charge in [-0.25, -0.2) is 0 Å². The molecule has 2 atom stereocenters. The molecule has 1 heterocycles. The van der Waals surface area contributed by atoms with E-state index in [0.29, 0.717) is 5.56 Å². The number of hydrogen-bond acceptors (Lipinski definition) is 2. The third kappa shape index (κ3) is 3.14. The van der Waals surface area contributed by atoms with Gasteiger partial charge < -0.3 is 10.1 Å². The largest absolute Gasteiger partial charge is 0.573 e. The van der Waals surface area contributed by atoms with E-state index in [1.807, 2.05) is 20.8 Å². The Kier molecular flexibility index (Phi) is 4.16. The number of amides is 1. The van der Waals surface area contributed by atoms with Crippen LogP contribution in [0.4, 0.5) is 18.9 Å². The number of alkyl halides is 3. The average molecular weight is 301 g/mol. The molecule has 1 aromatic rings. The average Bonchev–Trinajstić information content (AvgIpc) is 2.67. The molecule has 2 rings (SSSR count). The summed E-state index contributed by atoms with van der Waals surface area (Å²) in [6, 6.07) is 4.39. The highest BCUT2D eigenvalue weighted by Crippen LogP contribution is 2.46. The predicted octanol–water partition coefficient (Wildman–Crippen LogP) is 4.30. The molecule has 6 heteroatoms. The van der Waals surface area contributed by atoms with Crippen molar-refractivity contribution in [2.75, 3.05) is 5.32 Å². The van der Waals surface area contributed by atoms with Crippen LogP contribution in [0.15, 0.2) is 18.2 Å². The fourth-order valence-electron chi connectivity index (χ4n) is 3.01. The van der Waals surface area contributed by atoms with E-state index in [9.17, 15) is 18.0 Å². The summed E-state index contributed by atoms with van der Waals surface area (Å²) in [5.41, 5.74) is 0.728. The quantitative estimate of drug-likeness (QED) is 0.900. The number of carbonyl (C=O) groups excluding carboxylic acids is 1. The van der Waals surface area contributed by atoms with Crippen molar-refractivity contribution in [2.45, 2.75) is 39.5 Å². The highest BCUT2D eigenvalue weighted by Gasteiger charge is 2.40. The minimum atomic E-state index is -4.78. The van der Waals surface area contributed by atoms with Crippen molar-refractivity contribution in [3.8, 4) is 5.75 Å². The van der Waals surface area contributed by atoms with Crippen LogP contribution in [-0.4, -0.2) is 12.3 Å². The highest BCUT2D eigenvalue weighted by molar-refractivity contribution is 6.04. The first-order valence-corrected chi connectivity index (χ1v) is 6.94. The van der Waals surface area contributed by atoms with Gasteiger partial charge in [0.2, 0.25) is 5.91 Å². The van der Waals surface area contributed by atoms with Gasteiger partial charge >= 0.3 is 6.36 Å². The molecule has 1 aliphatic rings. The zero-order valence-corrected chi connectivity index (χ0v) is 12.1. The van der Waals surface area contributed by atoms with Gasteiger partial charge in [0.25, 0.3) is 0 Å². The fourth-order valence-corrected chi connectivity index (χ4v) is 3.01. The SMILES string of the molecule is CCC(C(C)C)C1C(=O)Nc2c(OC(F)(F)F)cccc21. The van der Waals surface area contributed by atoms with Gasteiger partial charge in [-0.05, 0) is 23.5 Å². The molecule has 0 radical (unpaired) electrons. The van der Waals surface area contributed by atoms with E-state index in [1.165, 1.54) is 12.1 Å². The number of para-hydroxylation sites is 1. The van der Waals surface area contributed by atoms with E-state index in [4.69, 9.17) is 0 Å². The molecule has 116 valence electrons. The van der Waals surface area contributed by atoms with Crippen molar-refractivity contribution < 1.29 is 22.7 Å². The summed E-state index contributed by atoms with van der Waals surface area (Å²) in [6.45, 7) is 6.00. The molecule has 0 spiro atoms. The molecule has 0 bridgehead atoms. The van der Waals surface area contributed by atoms with E-state index >= 15 is 0 Å². The molecule has 2 unspecified atom stereocenters. The summed E-state index contributed by atoms with van der Waals surface area (Å²) in [7, 11) is 0. The maximum absolute atomic E-state index is 12.4. The Bertz CT molecular complexity index is 540. The number of nitrogens with one attached hydrogen (secondary N) is 1. The van der Waals surface area contributed by atoms with Gasteiger partial charge in [-0.2, -0.15) is 0 Å². The van der Waals surface area contributed by atoms with Gasteiger partial charge in [0.05, 0.1) is 11.6 Å². The van der Waals surface area contributed by atoms with Gasteiger partial charge in [0.15, 0.2) is 5.75 Å². The third-order valence-electron chi connectivity index (χ3n) is 3.91. The second-order valence-electron chi connectivity index (χ2n) is 5.55. The summed E-state index contributed by atoms with van der Waals surface area (Å²) in [4.78, 5) is 12.2. The third-order valence-corrected chi connectivity index (χ3v) is 3.91. The number of carbonyl (C=O) groups is 1. The molecule has 0 saturated heterocycles. The Morgan fingerprint density at radius 2 is 2.00 bits per heavy atom. The molecule has 0 fully saturated rings. The molecule has 21 heavy (non-hydrogen) atoms. The number of fused-ring (bicyclic) bond motifs is 1. The zero-order chi connectivity index (χ0) is 15.8. The van der Waals surface area contributed by atoms with Crippen molar-refractivity contribution in [1.82, 2.24) is 0 Å². The maximum Gasteiger partial charge on any atom is 0.573 e. The monoisotopic (exact) mass is 301 g/mol. The molecular weight excluding hydrogens is 283 g/mol. The van der Waals surface area contributed by atoms with Gasteiger partial charge in [0, 0.05) is 0 Å². The van der Waals surface area contributed by atoms with Crippen LogP contribution in [0, 0.1) is 11.8 Å². The summed E-state index contributed by atoms with van der Waals surface area (Å²) in [6.07, 6.45) is -4.00. The lowest BCUT2D eigenvalue weighted by Gasteiger charge is -2.24. The number of halogens is 3. The number of benzene rings is 1. The first kappa shape index (κ1) is 15.7. The van der Waals surface area contributed by atoms with Crippen molar-refractivity contribution in [3.05, 3.63) is 23.8 Å². The standard InChI is InChI=1S/C15H18F3NO2/c1-4-9(8(2)3)12-10-6-5-7-11(21-15(16,17)18)13(10)19-14(12)20/h5-9,12H,4H2,1-3H3,(H,19,20). The summed E-state index contributed by atoms with van der Waals surface area (Å²) < 4.78 is 41.3. The molecule has 0 saturated carbocycles. The Labute approximate surface area is 121 Å². The minimum absolute atomic E-state index is 0.0763. The van der Waals surface area contributed by atoms with Crippen LogP contribution in [0.25, 0.3) is 0 Å². The van der Waals surface area contributed by atoms with E-state index in [0.717, 1.165) is 6.42 Å². The molecule has 3 nitrogen and oxygen atoms in total. The lowest BCUT2D eigenvalue weighted by molar-refractivity contribution is -0.274. The van der Waals surface area contributed by atoms with Crippen molar-refractivity contribution in [1.29, 1.82) is 0 Å². The molecule has 0 aromatic heterocycles. The van der Waals surface area contributed by atoms with Crippen LogP contribution in [0.1, 0.15) is 38.7 Å². The smallest absolute Gasteiger partial charge is 0.404 e. The van der Waals surface area contributed by atoms with Crippen LogP contribution in [-0.2, 0) is 4.79 Å². The first-order chi connectivity index (χ1) is 9.74. The van der Waals surface area contributed by atoms with Crippen molar-refractivity contribution >= 4 is 11.6 Å². The Morgan fingerprint density at radius 1 is 1.33 bits per heavy atom. The lowest BCUT2D eigenvalue weighted by atomic mass is 9.78. The van der Waals surface area contributed by atoms with Crippen LogP contribution < -0.4 is 10.1 Å². The van der Waals surface area contributed by atoms with Crippen molar-refractivity contribution in [2.24, 2.45) is 11.8 Å². The van der Waals surface area contributed by atoms with E-state index in [1.54, 1.807) is 6.07 Å². The van der Waals surface area contributed by atoms with Crippen LogP contribution in [0.3, 0.4) is 0 Å². The number of ether oxygens (including phenoxy) is 1. The number of hydrogen-bond donors (Lipinski definition) is 1. The summed E-state index contributed by atoms with van der Waals surface area (Å²) in [5, 5.41) is 2.54. The first-order valence-electron chi connectivity index (χ1n) is 6.94. The molecule has 1 amide bonds. The predicted molar refractivity (Wildman–Crippen MR) is 73.1 cm³/mol. The van der Waals surface area contributed by atoms with E-state index in [2.05, 4.69) is 10.1 Å². The van der Waals surface area contributed by atoms with Gasteiger partial charge in [-0.15, -0.1) is 13.2 Å². The molecule has 0 aliphatic carbocycles.